The number of nitrogens with one attached hydrogen (secondary N) is 2. The molecule has 1 aliphatic heterocycles. The van der Waals surface area contributed by atoms with Crippen LogP contribution in [0.1, 0.15) is 25.2 Å². The van der Waals surface area contributed by atoms with Gasteiger partial charge < -0.3 is 10.1 Å². The minimum absolute atomic E-state index is 0. The summed E-state index contributed by atoms with van der Waals surface area (Å²) in [5.74, 6) is -0.821. The number of H-pyrrole nitrogens is 1. The number of hydrogen-bond donors (Lipinski definition) is 3. The van der Waals surface area contributed by atoms with E-state index in [0.717, 1.165) is 11.4 Å². The van der Waals surface area contributed by atoms with Crippen LogP contribution < -0.4 is 5.32 Å². The Hall–Kier alpha value is -1.07. The van der Waals surface area contributed by atoms with Gasteiger partial charge in [-0.05, 0) is 13.8 Å². The van der Waals surface area contributed by atoms with E-state index in [2.05, 4.69) is 15.3 Å². The van der Waals surface area contributed by atoms with Crippen LogP contribution in [0.25, 0.3) is 0 Å². The standard InChI is InChI=1S/C9H13N3O2.ClH/c1-9(2)7-5(10-4-11-7)3-6(12-9)8(13)14;/h4,6,12H,3H2,1-2H3,(H,10,11)(H,13,14);1H/t6-;/m0./s1. The van der Waals surface area contributed by atoms with E-state index >= 15 is 0 Å². The van der Waals surface area contributed by atoms with Crippen molar-refractivity contribution in [2.75, 3.05) is 0 Å². The van der Waals surface area contributed by atoms with Gasteiger partial charge in [-0.25, -0.2) is 4.98 Å². The average Bonchev–Trinajstić information content (AvgIpc) is 2.51. The van der Waals surface area contributed by atoms with Gasteiger partial charge in [0.25, 0.3) is 0 Å². The smallest absolute Gasteiger partial charge is 0.321 e. The van der Waals surface area contributed by atoms with Crippen LogP contribution >= 0.6 is 12.4 Å². The van der Waals surface area contributed by atoms with Gasteiger partial charge in [-0.3, -0.25) is 10.1 Å². The second-order valence-electron chi connectivity index (χ2n) is 4.09. The maximum atomic E-state index is 10.9. The number of hydrogen-bond acceptors (Lipinski definition) is 3. The molecule has 6 heteroatoms. The molecule has 1 atom stereocenters. The molecule has 2 rings (SSSR count). The summed E-state index contributed by atoms with van der Waals surface area (Å²) in [6.07, 6.45) is 2.08. The van der Waals surface area contributed by atoms with Crippen molar-refractivity contribution in [1.29, 1.82) is 0 Å². The topological polar surface area (TPSA) is 78.0 Å². The SMILES string of the molecule is CC1(C)N[C@H](C(=O)O)Cc2[nH]cnc21.Cl. The van der Waals surface area contributed by atoms with Crippen LogP contribution in [0, 0.1) is 0 Å². The molecule has 0 spiro atoms. The first-order chi connectivity index (χ1) is 6.50. The first kappa shape index (κ1) is 12.0. The number of aliphatic carboxylic acids is 1. The van der Waals surface area contributed by atoms with Crippen LogP contribution in [0.3, 0.4) is 0 Å². The monoisotopic (exact) mass is 231 g/mol. The molecule has 0 amide bonds. The highest BCUT2D eigenvalue weighted by Crippen LogP contribution is 2.27. The minimum Gasteiger partial charge on any atom is -0.480 e. The Kier molecular flexibility index (Phi) is 3.06. The fourth-order valence-corrected chi connectivity index (χ4v) is 1.92. The molecule has 3 N–H and O–H groups in total. The average molecular weight is 232 g/mol. The van der Waals surface area contributed by atoms with E-state index in [9.17, 15) is 4.79 Å². The number of nitrogens with zero attached hydrogens (tertiary/aromatic N) is 1. The van der Waals surface area contributed by atoms with Gasteiger partial charge >= 0.3 is 5.97 Å². The maximum absolute atomic E-state index is 10.9. The van der Waals surface area contributed by atoms with Crippen LogP contribution in [-0.4, -0.2) is 27.1 Å². The van der Waals surface area contributed by atoms with Crippen molar-refractivity contribution in [3.63, 3.8) is 0 Å². The summed E-state index contributed by atoms with van der Waals surface area (Å²) in [6.45, 7) is 3.86. The number of fused-ring (bicyclic) bond motifs is 1. The Morgan fingerprint density at radius 2 is 2.33 bits per heavy atom. The third-order valence-corrected chi connectivity index (χ3v) is 2.55. The molecule has 15 heavy (non-hydrogen) atoms. The molecular formula is C9H14ClN3O2. The fourth-order valence-electron chi connectivity index (χ4n) is 1.92. The second-order valence-corrected chi connectivity index (χ2v) is 4.09. The lowest BCUT2D eigenvalue weighted by Gasteiger charge is -2.34. The molecule has 0 bridgehead atoms. The fraction of sp³-hybridized carbons (Fsp3) is 0.556. The highest BCUT2D eigenvalue weighted by molar-refractivity contribution is 5.85. The highest BCUT2D eigenvalue weighted by Gasteiger charge is 2.37. The Morgan fingerprint density at radius 1 is 1.67 bits per heavy atom. The number of rotatable bonds is 1. The lowest BCUT2D eigenvalue weighted by atomic mass is 9.90. The molecule has 5 nitrogen and oxygen atoms in total. The van der Waals surface area contributed by atoms with E-state index in [-0.39, 0.29) is 17.9 Å². The van der Waals surface area contributed by atoms with Crippen molar-refractivity contribution < 1.29 is 9.90 Å². The summed E-state index contributed by atoms with van der Waals surface area (Å²) >= 11 is 0. The predicted molar refractivity (Wildman–Crippen MR) is 57.1 cm³/mol. The van der Waals surface area contributed by atoms with E-state index in [0.29, 0.717) is 6.42 Å². The Bertz CT molecular complexity index is 375. The minimum atomic E-state index is -0.821. The van der Waals surface area contributed by atoms with Crippen LogP contribution in [0.4, 0.5) is 0 Å². The van der Waals surface area contributed by atoms with Gasteiger partial charge in [-0.15, -0.1) is 12.4 Å². The molecule has 1 aliphatic rings. The van der Waals surface area contributed by atoms with Crippen LogP contribution in [0.5, 0.6) is 0 Å². The van der Waals surface area contributed by atoms with Crippen molar-refractivity contribution in [2.45, 2.75) is 31.8 Å². The van der Waals surface area contributed by atoms with Gasteiger partial charge in [0.15, 0.2) is 0 Å². The maximum Gasteiger partial charge on any atom is 0.321 e. The molecule has 0 radical (unpaired) electrons. The van der Waals surface area contributed by atoms with Gasteiger partial charge in [0, 0.05) is 12.1 Å². The number of carbonyl (C=O) groups is 1. The summed E-state index contributed by atoms with van der Waals surface area (Å²) in [4.78, 5) is 18.1. The van der Waals surface area contributed by atoms with Crippen LogP contribution in [0.2, 0.25) is 0 Å². The summed E-state index contributed by atoms with van der Waals surface area (Å²) in [6, 6.07) is -0.530. The summed E-state index contributed by atoms with van der Waals surface area (Å²) in [5.41, 5.74) is 1.45. The van der Waals surface area contributed by atoms with Crippen molar-refractivity contribution >= 4 is 18.4 Å². The molecule has 0 fully saturated rings. The number of aromatic nitrogens is 2. The zero-order valence-electron chi connectivity index (χ0n) is 8.57. The summed E-state index contributed by atoms with van der Waals surface area (Å²) in [5, 5.41) is 12.0. The number of halogens is 1. The third-order valence-electron chi connectivity index (χ3n) is 2.55. The molecule has 1 aromatic rings. The van der Waals surface area contributed by atoms with Crippen LogP contribution in [0.15, 0.2) is 6.33 Å². The van der Waals surface area contributed by atoms with Crippen molar-refractivity contribution in [3.05, 3.63) is 17.7 Å². The molecule has 84 valence electrons. The molecule has 0 saturated carbocycles. The lowest BCUT2D eigenvalue weighted by Crippen LogP contribution is -2.52. The van der Waals surface area contributed by atoms with Crippen molar-refractivity contribution in [1.82, 2.24) is 15.3 Å². The Morgan fingerprint density at radius 3 is 2.93 bits per heavy atom. The molecule has 0 saturated heterocycles. The second kappa shape index (κ2) is 3.83. The van der Waals surface area contributed by atoms with Gasteiger partial charge in [-0.1, -0.05) is 0 Å². The number of aromatic amines is 1. The van der Waals surface area contributed by atoms with Gasteiger partial charge in [-0.2, -0.15) is 0 Å². The van der Waals surface area contributed by atoms with Gasteiger partial charge in [0.1, 0.15) is 6.04 Å². The molecule has 0 aromatic carbocycles. The normalized spacial score (nSPS) is 22.7. The quantitative estimate of drug-likeness (QED) is 0.664. The van der Waals surface area contributed by atoms with Crippen molar-refractivity contribution in [3.8, 4) is 0 Å². The zero-order valence-corrected chi connectivity index (χ0v) is 9.39. The largest absolute Gasteiger partial charge is 0.480 e. The molecule has 0 unspecified atom stereocenters. The van der Waals surface area contributed by atoms with E-state index in [4.69, 9.17) is 5.11 Å². The molecule has 0 aliphatic carbocycles. The van der Waals surface area contributed by atoms with E-state index in [1.165, 1.54) is 0 Å². The zero-order chi connectivity index (χ0) is 10.3. The first-order valence-electron chi connectivity index (χ1n) is 4.54. The number of imidazole rings is 1. The van der Waals surface area contributed by atoms with E-state index in [1.807, 2.05) is 13.8 Å². The number of carboxylic acid groups (broad SMARTS) is 1. The Balaban J connectivity index is 0.00000112. The van der Waals surface area contributed by atoms with Gasteiger partial charge in [0.05, 0.1) is 17.6 Å². The summed E-state index contributed by atoms with van der Waals surface area (Å²) in [7, 11) is 0. The third kappa shape index (κ3) is 1.98. The van der Waals surface area contributed by atoms with Gasteiger partial charge in [0.2, 0.25) is 0 Å². The molecule has 2 heterocycles. The van der Waals surface area contributed by atoms with E-state index < -0.39 is 12.0 Å². The van der Waals surface area contributed by atoms with E-state index in [1.54, 1.807) is 6.33 Å². The first-order valence-corrected chi connectivity index (χ1v) is 4.54. The summed E-state index contributed by atoms with van der Waals surface area (Å²) < 4.78 is 0. The highest BCUT2D eigenvalue weighted by atomic mass is 35.5. The molecule has 1 aromatic heterocycles. The van der Waals surface area contributed by atoms with Crippen molar-refractivity contribution in [2.24, 2.45) is 0 Å². The van der Waals surface area contributed by atoms with Crippen LogP contribution in [-0.2, 0) is 16.8 Å². The number of carboxylic acids is 1. The Labute approximate surface area is 93.7 Å². The molecular weight excluding hydrogens is 218 g/mol. The predicted octanol–water partition coefficient (Wildman–Crippen LogP) is 0.665. The lowest BCUT2D eigenvalue weighted by molar-refractivity contribution is -0.140.